The van der Waals surface area contributed by atoms with Crippen LogP contribution >= 0.6 is 19.4 Å². The van der Waals surface area contributed by atoms with Crippen molar-refractivity contribution in [1.82, 2.24) is 15.1 Å². The first-order valence-corrected chi connectivity index (χ1v) is 13.2. The molecule has 1 saturated heterocycles. The van der Waals surface area contributed by atoms with Crippen molar-refractivity contribution in [3.63, 3.8) is 0 Å². The molecule has 8 nitrogen and oxygen atoms in total. The largest absolute Gasteiger partial charge is 0.465 e. The molecule has 170 valence electrons. The van der Waals surface area contributed by atoms with E-state index in [9.17, 15) is 9.36 Å². The molecule has 0 saturated carbocycles. The van der Waals surface area contributed by atoms with Crippen molar-refractivity contribution >= 4 is 25.5 Å². The van der Waals surface area contributed by atoms with Crippen molar-refractivity contribution in [1.29, 1.82) is 0 Å². The van der Waals surface area contributed by atoms with Crippen LogP contribution in [0, 0.1) is 0 Å². The summed E-state index contributed by atoms with van der Waals surface area (Å²) in [7, 11) is -3.06. The summed E-state index contributed by atoms with van der Waals surface area (Å²) in [5.74, 6) is 0.697. The highest BCUT2D eigenvalue weighted by Crippen LogP contribution is 2.48. The van der Waals surface area contributed by atoms with Crippen LogP contribution in [0.4, 0.5) is 4.79 Å². The number of nitrogens with zero attached hydrogens (tertiary/aromatic N) is 2. The molecular weight excluding hydrogens is 425 g/mol. The van der Waals surface area contributed by atoms with Crippen LogP contribution in [0.2, 0.25) is 0 Å². The summed E-state index contributed by atoms with van der Waals surface area (Å²) in [5, 5.41) is 11.8. The summed E-state index contributed by atoms with van der Waals surface area (Å²) in [5.41, 5.74) is 0. The Kier molecular flexibility index (Phi) is 11.2. The van der Waals surface area contributed by atoms with E-state index in [0.29, 0.717) is 25.3 Å². The molecule has 1 fully saturated rings. The Balaban J connectivity index is 1.76. The molecule has 1 aliphatic rings. The van der Waals surface area contributed by atoms with Gasteiger partial charge in [-0.3, -0.25) is 9.46 Å². The van der Waals surface area contributed by atoms with E-state index in [0.717, 1.165) is 44.0 Å². The van der Waals surface area contributed by atoms with Gasteiger partial charge in [-0.2, -0.15) is 0 Å². The number of rotatable bonds is 13. The van der Waals surface area contributed by atoms with Gasteiger partial charge in [0, 0.05) is 49.4 Å². The smallest absolute Gasteiger partial charge is 0.404 e. The maximum absolute atomic E-state index is 12.7. The fourth-order valence-electron chi connectivity index (χ4n) is 3.34. The highest BCUT2D eigenvalue weighted by atomic mass is 32.2. The van der Waals surface area contributed by atoms with Gasteiger partial charge < -0.3 is 24.4 Å². The van der Waals surface area contributed by atoms with Gasteiger partial charge in [0.1, 0.15) is 6.29 Å². The van der Waals surface area contributed by atoms with Crippen LogP contribution in [-0.4, -0.2) is 85.0 Å². The number of hydrogen-bond donors (Lipinski definition) is 2. The molecule has 1 atom stereocenters. The van der Waals surface area contributed by atoms with Crippen LogP contribution in [0.3, 0.4) is 0 Å². The topological polar surface area (TPSA) is 91.3 Å². The minimum Gasteiger partial charge on any atom is -0.465 e. The van der Waals surface area contributed by atoms with E-state index < -0.39 is 13.7 Å². The first-order chi connectivity index (χ1) is 14.4. The van der Waals surface area contributed by atoms with Crippen molar-refractivity contribution in [2.45, 2.75) is 31.2 Å². The van der Waals surface area contributed by atoms with Crippen LogP contribution in [0.5, 0.6) is 0 Å². The van der Waals surface area contributed by atoms with Gasteiger partial charge in [-0.15, -0.1) is 11.8 Å². The van der Waals surface area contributed by atoms with Crippen LogP contribution < -0.4 is 5.32 Å². The van der Waals surface area contributed by atoms with Gasteiger partial charge in [0.05, 0.1) is 13.2 Å². The molecule has 0 bridgehead atoms. The van der Waals surface area contributed by atoms with E-state index >= 15 is 0 Å². The van der Waals surface area contributed by atoms with Crippen molar-refractivity contribution in [3.05, 3.63) is 30.3 Å². The molecule has 1 aromatic rings. The third kappa shape index (κ3) is 9.37. The molecule has 0 aliphatic carbocycles. The van der Waals surface area contributed by atoms with Crippen LogP contribution in [0.15, 0.2) is 35.2 Å². The van der Waals surface area contributed by atoms with Gasteiger partial charge in [0.25, 0.3) is 0 Å². The van der Waals surface area contributed by atoms with Crippen LogP contribution in [-0.2, 0) is 13.6 Å². The van der Waals surface area contributed by atoms with E-state index in [1.165, 1.54) is 0 Å². The highest BCUT2D eigenvalue weighted by molar-refractivity contribution is 7.99. The maximum atomic E-state index is 12.7. The average Bonchev–Trinajstić information content (AvgIpc) is 2.72. The summed E-state index contributed by atoms with van der Waals surface area (Å²) in [4.78, 5) is 16.8. The predicted octanol–water partition coefficient (Wildman–Crippen LogP) is 3.65. The van der Waals surface area contributed by atoms with Gasteiger partial charge in [-0.1, -0.05) is 18.2 Å². The molecule has 10 heteroatoms. The van der Waals surface area contributed by atoms with E-state index in [4.69, 9.17) is 14.2 Å². The summed E-state index contributed by atoms with van der Waals surface area (Å²) in [6.45, 7) is 8.49. The Hall–Kier alpha value is -1.09. The molecule has 0 aromatic heterocycles. The monoisotopic (exact) mass is 459 g/mol. The molecule has 30 heavy (non-hydrogen) atoms. The lowest BCUT2D eigenvalue weighted by Gasteiger charge is -2.36. The quantitative estimate of drug-likeness (QED) is 0.341. The number of amides is 1. The Morgan fingerprint density at radius 3 is 2.30 bits per heavy atom. The van der Waals surface area contributed by atoms with E-state index in [-0.39, 0.29) is 6.04 Å². The first kappa shape index (κ1) is 25.2. The molecule has 1 aromatic carbocycles. The van der Waals surface area contributed by atoms with Gasteiger partial charge in [0.2, 0.25) is 0 Å². The molecule has 0 spiro atoms. The zero-order valence-corrected chi connectivity index (χ0v) is 19.6. The number of benzene rings is 1. The number of carbonyl (C=O) groups is 1. The van der Waals surface area contributed by atoms with Gasteiger partial charge in [0.15, 0.2) is 0 Å². The van der Waals surface area contributed by atoms with Crippen LogP contribution in [0.1, 0.15) is 20.3 Å². The number of hydrogen-bond acceptors (Lipinski definition) is 7. The van der Waals surface area contributed by atoms with E-state index in [1.807, 2.05) is 44.2 Å². The Labute approximate surface area is 183 Å². The molecule has 2 N–H and O–H groups in total. The zero-order chi connectivity index (χ0) is 21.8. The fourth-order valence-corrected chi connectivity index (χ4v) is 6.13. The molecule has 0 radical (unpaired) electrons. The Morgan fingerprint density at radius 1 is 1.13 bits per heavy atom. The maximum Gasteiger partial charge on any atom is 0.404 e. The molecule has 0 unspecified atom stereocenters. The van der Waals surface area contributed by atoms with Crippen molar-refractivity contribution < 1.29 is 23.5 Å². The number of nitrogens with one attached hydrogen (secondary N) is 1. The number of piperazine rings is 1. The van der Waals surface area contributed by atoms with E-state index in [2.05, 4.69) is 15.1 Å². The van der Waals surface area contributed by atoms with Crippen LogP contribution in [0.25, 0.3) is 0 Å². The number of carboxylic acid groups (broad SMARTS) is 1. The van der Waals surface area contributed by atoms with Crippen molar-refractivity contribution in [2.75, 3.05) is 58.0 Å². The second-order valence-corrected chi connectivity index (χ2v) is 10.2. The summed E-state index contributed by atoms with van der Waals surface area (Å²) in [6.07, 6.45) is 0.0863. The lowest BCUT2D eigenvalue weighted by atomic mass is 10.2. The average molecular weight is 460 g/mol. The minimum absolute atomic E-state index is 0.109. The highest BCUT2D eigenvalue weighted by Gasteiger charge is 2.29. The van der Waals surface area contributed by atoms with Gasteiger partial charge in [-0.25, -0.2) is 4.79 Å². The Morgan fingerprint density at radius 2 is 1.73 bits per heavy atom. The van der Waals surface area contributed by atoms with Gasteiger partial charge >= 0.3 is 13.7 Å². The molecule has 2 rings (SSSR count). The summed E-state index contributed by atoms with van der Waals surface area (Å²) >= 11 is 1.66. The standard InChI is InChI=1S/C20H34N3O5PS/c1-3-27-29(26,28-4-2)17-23-14-12-22(13-15-23)11-10-18(21-20(24)25)16-30-19-8-6-5-7-9-19/h5-9,18,21H,3-4,10-17H2,1-2H3,(H,24,25)/t18-/m1/s1. The second-order valence-electron chi connectivity index (χ2n) is 7.11. The fraction of sp³-hybridized carbons (Fsp3) is 0.650. The second kappa shape index (κ2) is 13.3. The van der Waals surface area contributed by atoms with E-state index in [1.54, 1.807) is 11.8 Å². The normalized spacial score (nSPS) is 17.0. The molecule has 1 heterocycles. The minimum atomic E-state index is -3.06. The first-order valence-electron chi connectivity index (χ1n) is 10.4. The third-order valence-corrected chi connectivity index (χ3v) is 8.03. The lowest BCUT2D eigenvalue weighted by molar-refractivity contribution is 0.128. The Bertz CT molecular complexity index is 664. The predicted molar refractivity (Wildman–Crippen MR) is 120 cm³/mol. The lowest BCUT2D eigenvalue weighted by Crippen LogP contribution is -2.48. The SMILES string of the molecule is CCOP(=O)(CN1CCN(CC[C@H](CSc2ccccc2)NC(=O)O)CC1)OCC. The summed E-state index contributed by atoms with van der Waals surface area (Å²) in [6, 6.07) is 9.89. The van der Waals surface area contributed by atoms with Crippen molar-refractivity contribution in [3.8, 4) is 0 Å². The van der Waals surface area contributed by atoms with Crippen molar-refractivity contribution in [2.24, 2.45) is 0 Å². The molecular formula is C20H34N3O5PS. The summed E-state index contributed by atoms with van der Waals surface area (Å²) < 4.78 is 23.5. The molecule has 1 amide bonds. The number of thioether (sulfide) groups is 1. The molecule has 1 aliphatic heterocycles. The zero-order valence-electron chi connectivity index (χ0n) is 17.9. The van der Waals surface area contributed by atoms with Gasteiger partial charge in [-0.05, 0) is 32.4 Å². The third-order valence-electron chi connectivity index (χ3n) is 4.81.